The second-order valence-electron chi connectivity index (χ2n) is 6.81. The molecule has 0 amide bonds. The zero-order valence-corrected chi connectivity index (χ0v) is 14.0. The van der Waals surface area contributed by atoms with Crippen molar-refractivity contribution < 1.29 is 13.2 Å². The van der Waals surface area contributed by atoms with E-state index in [1.54, 1.807) is 0 Å². The van der Waals surface area contributed by atoms with E-state index in [9.17, 15) is 8.42 Å². The van der Waals surface area contributed by atoms with E-state index in [1.807, 2.05) is 12.1 Å². The molecule has 0 bridgehead atoms. The van der Waals surface area contributed by atoms with E-state index >= 15 is 0 Å². The Morgan fingerprint density at radius 1 is 1.27 bits per heavy atom. The maximum absolute atomic E-state index is 11.5. The summed E-state index contributed by atoms with van der Waals surface area (Å²) in [5, 5.41) is 3.52. The highest BCUT2D eigenvalue weighted by molar-refractivity contribution is 7.91. The number of benzene rings is 1. The summed E-state index contributed by atoms with van der Waals surface area (Å²) in [7, 11) is -2.84. The molecule has 0 aliphatic carbocycles. The van der Waals surface area contributed by atoms with Gasteiger partial charge >= 0.3 is 0 Å². The third-order valence-corrected chi connectivity index (χ3v) is 5.95. The fourth-order valence-electron chi connectivity index (χ4n) is 3.13. The standard InChI is InChI=1S/C16H24N2O3S/c1-16(2)11-14(12-21-16)17-13-4-3-5-15(10-13)18-6-8-22(19,20)9-7-18/h3-5,10,14,17H,6-9,11-12H2,1-2H3. The van der Waals surface area contributed by atoms with Gasteiger partial charge in [0.15, 0.2) is 9.84 Å². The molecule has 2 saturated heterocycles. The van der Waals surface area contributed by atoms with Gasteiger partial charge in [-0.15, -0.1) is 0 Å². The minimum Gasteiger partial charge on any atom is -0.380 e. The fourth-order valence-corrected chi connectivity index (χ4v) is 4.33. The Labute approximate surface area is 132 Å². The van der Waals surface area contributed by atoms with Crippen LogP contribution in [-0.4, -0.2) is 51.3 Å². The van der Waals surface area contributed by atoms with Gasteiger partial charge < -0.3 is 15.0 Å². The average Bonchev–Trinajstić information content (AvgIpc) is 2.78. The van der Waals surface area contributed by atoms with Gasteiger partial charge in [-0.25, -0.2) is 8.42 Å². The highest BCUT2D eigenvalue weighted by Gasteiger charge is 2.31. The fraction of sp³-hybridized carbons (Fsp3) is 0.625. The van der Waals surface area contributed by atoms with Gasteiger partial charge in [0.2, 0.25) is 0 Å². The lowest BCUT2D eigenvalue weighted by Crippen LogP contribution is -2.40. The summed E-state index contributed by atoms with van der Waals surface area (Å²) in [6.45, 7) is 6.09. The minimum atomic E-state index is -2.84. The maximum Gasteiger partial charge on any atom is 0.153 e. The first-order chi connectivity index (χ1) is 10.3. The number of hydrogen-bond acceptors (Lipinski definition) is 5. The summed E-state index contributed by atoms with van der Waals surface area (Å²) in [5.41, 5.74) is 2.09. The van der Waals surface area contributed by atoms with E-state index in [2.05, 4.69) is 36.2 Å². The van der Waals surface area contributed by atoms with Crippen molar-refractivity contribution in [2.45, 2.75) is 31.9 Å². The van der Waals surface area contributed by atoms with Crippen LogP contribution in [0, 0.1) is 0 Å². The van der Waals surface area contributed by atoms with Crippen molar-refractivity contribution in [2.24, 2.45) is 0 Å². The van der Waals surface area contributed by atoms with E-state index in [0.29, 0.717) is 19.1 Å². The molecule has 2 fully saturated rings. The van der Waals surface area contributed by atoms with E-state index in [1.165, 1.54) is 0 Å². The highest BCUT2D eigenvalue weighted by atomic mass is 32.2. The third kappa shape index (κ3) is 3.73. The molecule has 3 rings (SSSR count). The average molecular weight is 324 g/mol. The van der Waals surface area contributed by atoms with Crippen LogP contribution in [0.25, 0.3) is 0 Å². The zero-order valence-electron chi connectivity index (χ0n) is 13.2. The molecule has 0 aromatic heterocycles. The van der Waals surface area contributed by atoms with Crippen LogP contribution in [0.1, 0.15) is 20.3 Å². The van der Waals surface area contributed by atoms with Gasteiger partial charge in [0.25, 0.3) is 0 Å². The van der Waals surface area contributed by atoms with Crippen LogP contribution in [-0.2, 0) is 14.6 Å². The van der Waals surface area contributed by atoms with Crippen LogP contribution in [0.4, 0.5) is 11.4 Å². The molecule has 22 heavy (non-hydrogen) atoms. The summed E-state index contributed by atoms with van der Waals surface area (Å²) in [6, 6.07) is 8.53. The smallest absolute Gasteiger partial charge is 0.153 e. The van der Waals surface area contributed by atoms with Crippen LogP contribution in [0.5, 0.6) is 0 Å². The lowest BCUT2D eigenvalue weighted by molar-refractivity contribution is 0.0363. The maximum atomic E-state index is 11.5. The van der Waals surface area contributed by atoms with Crippen molar-refractivity contribution in [3.63, 3.8) is 0 Å². The number of nitrogens with one attached hydrogen (secondary N) is 1. The van der Waals surface area contributed by atoms with Gasteiger partial charge in [0, 0.05) is 24.5 Å². The van der Waals surface area contributed by atoms with Crippen molar-refractivity contribution in [3.05, 3.63) is 24.3 Å². The molecular weight excluding hydrogens is 300 g/mol. The third-order valence-electron chi connectivity index (χ3n) is 4.34. The van der Waals surface area contributed by atoms with Crippen LogP contribution in [0.15, 0.2) is 24.3 Å². The highest BCUT2D eigenvalue weighted by Crippen LogP contribution is 2.28. The molecule has 2 heterocycles. The number of rotatable bonds is 3. The molecule has 1 unspecified atom stereocenters. The molecule has 0 spiro atoms. The molecule has 1 atom stereocenters. The Balaban J connectivity index is 1.66. The molecule has 6 heteroatoms. The Morgan fingerprint density at radius 2 is 2.00 bits per heavy atom. The van der Waals surface area contributed by atoms with Gasteiger partial charge in [0.1, 0.15) is 0 Å². The SMILES string of the molecule is CC1(C)CC(Nc2cccc(N3CCS(=O)(=O)CC3)c2)CO1. The van der Waals surface area contributed by atoms with E-state index < -0.39 is 9.84 Å². The van der Waals surface area contributed by atoms with E-state index in [0.717, 1.165) is 24.4 Å². The number of nitrogens with zero attached hydrogens (tertiary/aromatic N) is 1. The molecule has 0 radical (unpaired) electrons. The first-order valence-corrected chi connectivity index (χ1v) is 9.61. The van der Waals surface area contributed by atoms with Crippen molar-refractivity contribution in [1.82, 2.24) is 0 Å². The Bertz CT molecular complexity index is 629. The second-order valence-corrected chi connectivity index (χ2v) is 9.11. The number of hydrogen-bond donors (Lipinski definition) is 1. The Hall–Kier alpha value is -1.27. The van der Waals surface area contributed by atoms with Crippen LogP contribution in [0.2, 0.25) is 0 Å². The number of sulfone groups is 1. The normalized spacial score (nSPS) is 26.8. The van der Waals surface area contributed by atoms with Gasteiger partial charge in [0.05, 0.1) is 29.8 Å². The summed E-state index contributed by atoms with van der Waals surface area (Å²) in [6.07, 6.45) is 0.985. The second kappa shape index (κ2) is 5.74. The van der Waals surface area contributed by atoms with Crippen molar-refractivity contribution in [3.8, 4) is 0 Å². The van der Waals surface area contributed by atoms with Crippen LogP contribution < -0.4 is 10.2 Å². The molecular formula is C16H24N2O3S. The van der Waals surface area contributed by atoms with E-state index in [-0.39, 0.29) is 17.1 Å². The summed E-state index contributed by atoms with van der Waals surface area (Å²) in [5.74, 6) is 0.491. The summed E-state index contributed by atoms with van der Waals surface area (Å²) in [4.78, 5) is 2.14. The first-order valence-electron chi connectivity index (χ1n) is 7.79. The monoisotopic (exact) mass is 324 g/mol. The van der Waals surface area contributed by atoms with Gasteiger partial charge in [-0.2, -0.15) is 0 Å². The Kier molecular flexibility index (Phi) is 4.07. The quantitative estimate of drug-likeness (QED) is 0.920. The summed E-state index contributed by atoms with van der Waals surface area (Å²) >= 11 is 0. The largest absolute Gasteiger partial charge is 0.380 e. The van der Waals surface area contributed by atoms with Gasteiger partial charge in [-0.3, -0.25) is 0 Å². The van der Waals surface area contributed by atoms with Crippen molar-refractivity contribution in [1.29, 1.82) is 0 Å². The van der Waals surface area contributed by atoms with Crippen molar-refractivity contribution >= 4 is 21.2 Å². The topological polar surface area (TPSA) is 58.6 Å². The molecule has 1 aromatic carbocycles. The zero-order chi connectivity index (χ0) is 15.8. The molecule has 2 aliphatic heterocycles. The lowest BCUT2D eigenvalue weighted by Gasteiger charge is -2.29. The van der Waals surface area contributed by atoms with Crippen LogP contribution >= 0.6 is 0 Å². The molecule has 122 valence electrons. The molecule has 2 aliphatic rings. The molecule has 5 nitrogen and oxygen atoms in total. The summed E-state index contributed by atoms with van der Waals surface area (Å²) < 4.78 is 28.8. The number of ether oxygens (including phenoxy) is 1. The molecule has 0 saturated carbocycles. The molecule has 1 N–H and O–H groups in total. The minimum absolute atomic E-state index is 0.0590. The van der Waals surface area contributed by atoms with Gasteiger partial charge in [-0.1, -0.05) is 6.07 Å². The van der Waals surface area contributed by atoms with Gasteiger partial charge in [-0.05, 0) is 38.5 Å². The molecule has 1 aromatic rings. The number of anilines is 2. The predicted molar refractivity (Wildman–Crippen MR) is 89.4 cm³/mol. The Morgan fingerprint density at radius 3 is 2.64 bits per heavy atom. The van der Waals surface area contributed by atoms with Crippen molar-refractivity contribution in [2.75, 3.05) is 41.4 Å². The lowest BCUT2D eigenvalue weighted by atomic mass is 10.0. The van der Waals surface area contributed by atoms with Crippen LogP contribution in [0.3, 0.4) is 0 Å². The first kappa shape index (κ1) is 15.6. The predicted octanol–water partition coefficient (Wildman–Crippen LogP) is 1.90. The van der Waals surface area contributed by atoms with E-state index in [4.69, 9.17) is 4.74 Å².